The smallest absolute Gasteiger partial charge is 0.250 e. The van der Waals surface area contributed by atoms with E-state index in [4.69, 9.17) is 4.74 Å². The summed E-state index contributed by atoms with van der Waals surface area (Å²) in [6.45, 7) is 8.21. The number of rotatable bonds is 3. The summed E-state index contributed by atoms with van der Waals surface area (Å²) in [5.74, 6) is -0.0297. The normalized spacial score (nSPS) is 21.6. The van der Waals surface area contributed by atoms with Gasteiger partial charge in [0.25, 0.3) is 5.91 Å². The van der Waals surface area contributed by atoms with Gasteiger partial charge in [-0.15, -0.1) is 11.3 Å². The molecule has 2 N–H and O–H groups in total. The van der Waals surface area contributed by atoms with Crippen molar-refractivity contribution in [1.29, 1.82) is 0 Å². The van der Waals surface area contributed by atoms with E-state index in [1.54, 1.807) is 11.3 Å². The van der Waals surface area contributed by atoms with Gasteiger partial charge in [-0.05, 0) is 32.4 Å². The van der Waals surface area contributed by atoms with Gasteiger partial charge in [-0.3, -0.25) is 4.79 Å². The Balaban J connectivity index is 1.96. The van der Waals surface area contributed by atoms with Crippen molar-refractivity contribution in [1.82, 2.24) is 10.6 Å². The Hall–Kier alpha value is -0.910. The van der Waals surface area contributed by atoms with Crippen LogP contribution in [-0.2, 0) is 9.53 Å². The number of thiophene rings is 1. The lowest BCUT2D eigenvalue weighted by molar-refractivity contribution is -0.134. The van der Waals surface area contributed by atoms with E-state index in [9.17, 15) is 4.79 Å². The molecule has 1 aromatic rings. The molecule has 1 saturated heterocycles. The summed E-state index contributed by atoms with van der Waals surface area (Å²) < 4.78 is 5.44. The van der Waals surface area contributed by atoms with Gasteiger partial charge in [0.2, 0.25) is 0 Å². The minimum atomic E-state index is -0.360. The number of hydrogen-bond acceptors (Lipinski definition) is 4. The zero-order chi connectivity index (χ0) is 13.1. The number of morpholine rings is 1. The Bertz CT molecular complexity index is 425. The van der Waals surface area contributed by atoms with Crippen molar-refractivity contribution in [2.75, 3.05) is 19.7 Å². The highest BCUT2D eigenvalue weighted by Gasteiger charge is 2.23. The molecule has 0 radical (unpaired) electrons. The van der Waals surface area contributed by atoms with E-state index >= 15 is 0 Å². The van der Waals surface area contributed by atoms with Crippen molar-refractivity contribution < 1.29 is 9.53 Å². The molecule has 4 nitrogen and oxygen atoms in total. The summed E-state index contributed by atoms with van der Waals surface area (Å²) in [6, 6.07) is 2.18. The number of carbonyl (C=O) groups is 1. The molecule has 1 aliphatic heterocycles. The van der Waals surface area contributed by atoms with Crippen LogP contribution in [0.1, 0.15) is 28.3 Å². The molecule has 5 heteroatoms. The number of hydrogen-bond donors (Lipinski definition) is 2. The van der Waals surface area contributed by atoms with Gasteiger partial charge in [-0.2, -0.15) is 0 Å². The highest BCUT2D eigenvalue weighted by atomic mass is 32.1. The predicted octanol–water partition coefficient (Wildman–Crippen LogP) is 1.53. The number of amides is 1. The molecule has 2 unspecified atom stereocenters. The van der Waals surface area contributed by atoms with Crippen molar-refractivity contribution in [3.63, 3.8) is 0 Å². The van der Waals surface area contributed by atoms with Gasteiger partial charge in [0.05, 0.1) is 12.6 Å². The first-order valence-corrected chi connectivity index (χ1v) is 7.09. The monoisotopic (exact) mass is 268 g/mol. The van der Waals surface area contributed by atoms with Crippen LogP contribution in [0.5, 0.6) is 0 Å². The van der Waals surface area contributed by atoms with Crippen LogP contribution in [0.2, 0.25) is 0 Å². The third kappa shape index (κ3) is 3.10. The van der Waals surface area contributed by atoms with E-state index in [-0.39, 0.29) is 18.1 Å². The highest BCUT2D eigenvalue weighted by Crippen LogP contribution is 2.26. The van der Waals surface area contributed by atoms with Crippen LogP contribution in [0.3, 0.4) is 0 Å². The van der Waals surface area contributed by atoms with Gasteiger partial charge in [0, 0.05) is 22.8 Å². The fourth-order valence-electron chi connectivity index (χ4n) is 2.20. The summed E-state index contributed by atoms with van der Waals surface area (Å²) in [5, 5.41) is 6.18. The van der Waals surface area contributed by atoms with Crippen LogP contribution in [0.25, 0.3) is 0 Å². The van der Waals surface area contributed by atoms with Crippen LogP contribution in [0, 0.1) is 13.8 Å². The highest BCUT2D eigenvalue weighted by molar-refractivity contribution is 7.12. The second-order valence-electron chi connectivity index (χ2n) is 4.66. The lowest BCUT2D eigenvalue weighted by Gasteiger charge is -2.24. The summed E-state index contributed by atoms with van der Waals surface area (Å²) >= 11 is 1.77. The van der Waals surface area contributed by atoms with Gasteiger partial charge in [-0.25, -0.2) is 0 Å². The predicted molar refractivity (Wildman–Crippen MR) is 73.0 cm³/mol. The van der Waals surface area contributed by atoms with E-state index in [0.717, 1.165) is 6.54 Å². The summed E-state index contributed by atoms with van der Waals surface area (Å²) in [5.41, 5.74) is 1.20. The topological polar surface area (TPSA) is 50.4 Å². The molecule has 0 aromatic carbocycles. The Morgan fingerprint density at radius 3 is 2.94 bits per heavy atom. The van der Waals surface area contributed by atoms with Gasteiger partial charge in [-0.1, -0.05) is 0 Å². The molecule has 2 atom stereocenters. The first kappa shape index (κ1) is 13.5. The molecule has 100 valence electrons. The largest absolute Gasteiger partial charge is 0.366 e. The van der Waals surface area contributed by atoms with E-state index in [1.165, 1.54) is 15.3 Å². The van der Waals surface area contributed by atoms with Gasteiger partial charge in [0.15, 0.2) is 0 Å². The Kier molecular flexibility index (Phi) is 4.37. The van der Waals surface area contributed by atoms with Gasteiger partial charge >= 0.3 is 0 Å². The molecule has 0 saturated carbocycles. The SMILES string of the molecule is Cc1cc(C(C)NC(=O)C2CNCCO2)c(C)s1. The van der Waals surface area contributed by atoms with Crippen molar-refractivity contribution in [3.05, 3.63) is 21.4 Å². The number of aryl methyl sites for hydroxylation is 2. The fourth-order valence-corrected chi connectivity index (χ4v) is 3.22. The van der Waals surface area contributed by atoms with E-state index in [1.807, 2.05) is 6.92 Å². The quantitative estimate of drug-likeness (QED) is 0.874. The van der Waals surface area contributed by atoms with Crippen molar-refractivity contribution >= 4 is 17.2 Å². The molecule has 1 aliphatic rings. The molecule has 0 spiro atoms. The molecule has 0 bridgehead atoms. The molecule has 1 fully saturated rings. The van der Waals surface area contributed by atoms with E-state index in [0.29, 0.717) is 13.2 Å². The van der Waals surface area contributed by atoms with Crippen LogP contribution in [0.4, 0.5) is 0 Å². The average Bonchev–Trinajstić information content (AvgIpc) is 2.69. The van der Waals surface area contributed by atoms with E-state index in [2.05, 4.69) is 30.5 Å². The van der Waals surface area contributed by atoms with Crippen molar-refractivity contribution in [3.8, 4) is 0 Å². The zero-order valence-corrected chi connectivity index (χ0v) is 11.9. The average molecular weight is 268 g/mol. The van der Waals surface area contributed by atoms with Crippen LogP contribution >= 0.6 is 11.3 Å². The van der Waals surface area contributed by atoms with Crippen molar-refractivity contribution in [2.45, 2.75) is 32.9 Å². The second kappa shape index (κ2) is 5.82. The molecule has 1 amide bonds. The maximum Gasteiger partial charge on any atom is 0.250 e. The molecule has 1 aromatic heterocycles. The number of ether oxygens (including phenoxy) is 1. The molecule has 0 aliphatic carbocycles. The third-order valence-electron chi connectivity index (χ3n) is 3.12. The molecular weight excluding hydrogens is 248 g/mol. The summed E-state index contributed by atoms with van der Waals surface area (Å²) in [6.07, 6.45) is -0.360. The minimum absolute atomic E-state index is 0.0297. The minimum Gasteiger partial charge on any atom is -0.366 e. The van der Waals surface area contributed by atoms with E-state index < -0.39 is 0 Å². The molecular formula is C13H20N2O2S. The lowest BCUT2D eigenvalue weighted by atomic mass is 10.1. The number of carbonyl (C=O) groups excluding carboxylic acids is 1. The standard InChI is InChI=1S/C13H20N2O2S/c1-8-6-11(10(3)18-8)9(2)15-13(16)12-7-14-4-5-17-12/h6,9,12,14H,4-5,7H2,1-3H3,(H,15,16). The Labute approximate surface area is 112 Å². The molecule has 18 heavy (non-hydrogen) atoms. The molecule has 2 heterocycles. The molecule has 2 rings (SSSR count). The van der Waals surface area contributed by atoms with Gasteiger partial charge in [0.1, 0.15) is 6.10 Å². The van der Waals surface area contributed by atoms with Gasteiger partial charge < -0.3 is 15.4 Å². The van der Waals surface area contributed by atoms with Crippen LogP contribution in [0.15, 0.2) is 6.07 Å². The summed E-state index contributed by atoms with van der Waals surface area (Å²) in [4.78, 5) is 14.6. The fraction of sp³-hybridized carbons (Fsp3) is 0.615. The number of nitrogens with one attached hydrogen (secondary N) is 2. The zero-order valence-electron chi connectivity index (χ0n) is 11.1. The summed E-state index contributed by atoms with van der Waals surface area (Å²) in [7, 11) is 0. The maximum absolute atomic E-state index is 12.0. The first-order valence-electron chi connectivity index (χ1n) is 6.27. The third-order valence-corrected chi connectivity index (χ3v) is 4.11. The Morgan fingerprint density at radius 2 is 2.39 bits per heavy atom. The van der Waals surface area contributed by atoms with Crippen LogP contribution < -0.4 is 10.6 Å². The first-order chi connectivity index (χ1) is 8.58. The second-order valence-corrected chi connectivity index (χ2v) is 6.12. The maximum atomic E-state index is 12.0. The van der Waals surface area contributed by atoms with Crippen molar-refractivity contribution in [2.24, 2.45) is 0 Å². The van der Waals surface area contributed by atoms with Crippen LogP contribution in [-0.4, -0.2) is 31.7 Å². The Morgan fingerprint density at radius 1 is 1.61 bits per heavy atom. The lowest BCUT2D eigenvalue weighted by Crippen LogP contribution is -2.48.